The van der Waals surface area contributed by atoms with Gasteiger partial charge in [0.05, 0.1) is 50.8 Å². The van der Waals surface area contributed by atoms with E-state index in [4.69, 9.17) is 43.9 Å². The lowest BCUT2D eigenvalue weighted by molar-refractivity contribution is -0.139. The molecule has 2 aromatic carbocycles. The van der Waals surface area contributed by atoms with E-state index in [0.717, 1.165) is 60.4 Å². The van der Waals surface area contributed by atoms with Crippen molar-refractivity contribution >= 4 is 76.4 Å². The van der Waals surface area contributed by atoms with Gasteiger partial charge in [-0.2, -0.15) is 22.0 Å². The van der Waals surface area contributed by atoms with Crippen molar-refractivity contribution in [3.05, 3.63) is 65.0 Å². The Morgan fingerprint density at radius 2 is 1.07 bits per heavy atom. The molecular formula is C34H42F5N13O4S3. The highest BCUT2D eigenvalue weighted by molar-refractivity contribution is 7.99. The van der Waals surface area contributed by atoms with Gasteiger partial charge in [-0.15, -0.1) is 23.5 Å². The number of aliphatic imine (C=N–C) groups is 3. The molecule has 59 heavy (non-hydrogen) atoms. The number of amides is 2. The summed E-state index contributed by atoms with van der Waals surface area (Å²) in [6.07, 6.45) is -4.86. The number of allylic oxidation sites excluding steroid dienone is 1. The van der Waals surface area contributed by atoms with Crippen molar-refractivity contribution < 1.29 is 41.0 Å². The van der Waals surface area contributed by atoms with E-state index < -0.39 is 52.0 Å². The Hall–Kier alpha value is -5.69. The molecule has 3 rings (SSSR count). The summed E-state index contributed by atoms with van der Waals surface area (Å²) in [5.41, 5.74) is 28.6. The van der Waals surface area contributed by atoms with Crippen LogP contribution in [0.5, 0.6) is 11.5 Å². The van der Waals surface area contributed by atoms with Gasteiger partial charge in [0, 0.05) is 38.7 Å². The molecule has 0 aliphatic heterocycles. The molecule has 0 saturated carbocycles. The van der Waals surface area contributed by atoms with Crippen LogP contribution in [0.3, 0.4) is 0 Å². The zero-order valence-corrected chi connectivity index (χ0v) is 34.2. The number of nitrogens with zero attached hydrogens (tertiary/aromatic N) is 5. The number of hydrogen-bond donors (Lipinski definition) is 8. The molecular weight excluding hydrogens is 846 g/mol. The van der Waals surface area contributed by atoms with Gasteiger partial charge in [0.25, 0.3) is 17.7 Å². The minimum Gasteiger partial charge on any atom is -0.495 e. The summed E-state index contributed by atoms with van der Waals surface area (Å²) in [7, 11) is 2.44. The largest absolute Gasteiger partial charge is 0.495 e. The molecule has 0 aliphatic carbocycles. The highest BCUT2D eigenvalue weighted by atomic mass is 32.2. The number of nitrogens with one attached hydrogen (secondary N) is 2. The zero-order valence-electron chi connectivity index (χ0n) is 31.8. The van der Waals surface area contributed by atoms with Gasteiger partial charge in [0.1, 0.15) is 22.9 Å². The van der Waals surface area contributed by atoms with Gasteiger partial charge in [-0.05, 0) is 36.8 Å². The van der Waals surface area contributed by atoms with E-state index in [1.54, 1.807) is 0 Å². The average Bonchev–Trinajstić information content (AvgIpc) is 3.16. The maximum absolute atomic E-state index is 15.6. The Morgan fingerprint density at radius 3 is 1.44 bits per heavy atom. The van der Waals surface area contributed by atoms with Crippen molar-refractivity contribution in [2.24, 2.45) is 49.4 Å². The number of thioether (sulfide) groups is 3. The standard InChI is InChI=1S/C34H42F5N13O4S3/c1-16(2)33(35,36)17-11-19(23(55-3)14-25(17)57-8-5-46-29(40)41)49-27(53)21-13-22(52-32(51-21)59-10-7-48-31(44)45)28(54)50-20-12-18(34(37,38)39)26(15-24(20)56-4)58-9-6-47-30(42)43/h11-15H,1,5-10H2,2-4H3,(H,49,53)(H,50,54)(H4,40,41,46)(H4,42,43,47)(H4,44,45,48). The molecule has 1 heterocycles. The van der Waals surface area contributed by atoms with Crippen LogP contribution in [0.15, 0.2) is 72.4 Å². The monoisotopic (exact) mass is 887 g/mol. The molecule has 0 unspecified atom stereocenters. The molecule has 0 aliphatic rings. The van der Waals surface area contributed by atoms with E-state index >= 15 is 8.78 Å². The van der Waals surface area contributed by atoms with Gasteiger partial charge in [0.2, 0.25) is 0 Å². The van der Waals surface area contributed by atoms with E-state index in [2.05, 4.69) is 42.2 Å². The second-order valence-corrected chi connectivity index (χ2v) is 15.1. The number of aromatic nitrogens is 2. The smallest absolute Gasteiger partial charge is 0.417 e. The number of benzene rings is 2. The fourth-order valence-electron chi connectivity index (χ4n) is 4.66. The SMILES string of the molecule is C=C(C)C(F)(F)c1cc(NC(=O)c2cc(C(=O)Nc3cc(C(F)(F)F)c(SCCN=C(N)N)cc3OC)nc(SCCN=C(N)N)n2)c(OC)cc1SCCN=C(N)N. The zero-order chi connectivity index (χ0) is 44.1. The summed E-state index contributed by atoms with van der Waals surface area (Å²) in [5, 5.41) is 4.71. The highest BCUT2D eigenvalue weighted by Gasteiger charge is 2.37. The fourth-order valence-corrected chi connectivity index (χ4v) is 7.21. The number of carbonyl (C=O) groups excluding carboxylic acids is 2. The molecule has 1 aromatic heterocycles. The normalized spacial score (nSPS) is 11.3. The molecule has 14 N–H and O–H groups in total. The highest BCUT2D eigenvalue weighted by Crippen LogP contribution is 2.45. The third kappa shape index (κ3) is 14.0. The van der Waals surface area contributed by atoms with Crippen molar-refractivity contribution in [3.63, 3.8) is 0 Å². The molecule has 3 aromatic rings. The molecule has 0 fully saturated rings. The van der Waals surface area contributed by atoms with Crippen molar-refractivity contribution in [2.45, 2.75) is 34.0 Å². The van der Waals surface area contributed by atoms with Gasteiger partial charge in [-0.1, -0.05) is 18.3 Å². The molecule has 2 amide bonds. The quantitative estimate of drug-likeness (QED) is 0.0152. The van der Waals surface area contributed by atoms with E-state index in [1.165, 1.54) is 20.3 Å². The summed E-state index contributed by atoms with van der Waals surface area (Å²) >= 11 is 2.75. The average molecular weight is 888 g/mol. The van der Waals surface area contributed by atoms with Gasteiger partial charge < -0.3 is 54.5 Å². The Morgan fingerprint density at radius 1 is 0.678 bits per heavy atom. The number of methoxy groups -OCH3 is 2. The number of halogens is 5. The van der Waals surface area contributed by atoms with E-state index in [9.17, 15) is 22.8 Å². The Labute approximate surface area is 347 Å². The number of rotatable bonds is 20. The Kier molecular flexibility index (Phi) is 17.3. The summed E-state index contributed by atoms with van der Waals surface area (Å²) in [5.74, 6) is -5.94. The minimum absolute atomic E-state index is 0.0202. The lowest BCUT2D eigenvalue weighted by atomic mass is 10.0. The van der Waals surface area contributed by atoms with Gasteiger partial charge >= 0.3 is 6.18 Å². The van der Waals surface area contributed by atoms with Crippen LogP contribution in [0.25, 0.3) is 0 Å². The van der Waals surface area contributed by atoms with Crippen LogP contribution in [-0.2, 0) is 12.1 Å². The molecule has 320 valence electrons. The van der Waals surface area contributed by atoms with Crippen LogP contribution in [0, 0.1) is 0 Å². The first-order chi connectivity index (χ1) is 27.7. The molecule has 0 atom stereocenters. The number of anilines is 2. The van der Waals surface area contributed by atoms with Crippen LogP contribution in [0.1, 0.15) is 39.0 Å². The summed E-state index contributed by atoms with van der Waals surface area (Å²) in [6, 6.07) is 5.05. The lowest BCUT2D eigenvalue weighted by Gasteiger charge is -2.22. The molecule has 17 nitrogen and oxygen atoms in total. The van der Waals surface area contributed by atoms with Crippen molar-refractivity contribution in [1.29, 1.82) is 0 Å². The second kappa shape index (κ2) is 21.4. The van der Waals surface area contributed by atoms with Crippen LogP contribution in [0.2, 0.25) is 0 Å². The van der Waals surface area contributed by atoms with Crippen molar-refractivity contribution in [2.75, 3.05) is 61.7 Å². The number of hydrogen-bond acceptors (Lipinski definition) is 12. The first kappa shape index (κ1) is 47.7. The van der Waals surface area contributed by atoms with E-state index in [1.807, 2.05) is 0 Å². The molecule has 0 spiro atoms. The first-order valence-corrected chi connectivity index (χ1v) is 19.7. The summed E-state index contributed by atoms with van der Waals surface area (Å²) < 4.78 is 84.6. The lowest BCUT2D eigenvalue weighted by Crippen LogP contribution is -2.23. The predicted octanol–water partition coefficient (Wildman–Crippen LogP) is 3.78. The topological polar surface area (TPSA) is 296 Å². The second-order valence-electron chi connectivity index (χ2n) is 11.7. The molecule has 0 bridgehead atoms. The minimum atomic E-state index is -4.86. The molecule has 25 heteroatoms. The van der Waals surface area contributed by atoms with Gasteiger partial charge in [0.15, 0.2) is 23.0 Å². The molecule has 0 saturated heterocycles. The maximum atomic E-state index is 15.6. The number of ether oxygens (including phenoxy) is 2. The summed E-state index contributed by atoms with van der Waals surface area (Å²) in [6.45, 7) is 4.78. The van der Waals surface area contributed by atoms with Crippen LogP contribution in [0.4, 0.5) is 33.3 Å². The summed E-state index contributed by atoms with van der Waals surface area (Å²) in [4.78, 5) is 47.3. The van der Waals surface area contributed by atoms with Crippen molar-refractivity contribution in [1.82, 2.24) is 9.97 Å². The number of alkyl halides is 5. The van der Waals surface area contributed by atoms with E-state index in [-0.39, 0.29) is 92.6 Å². The third-order valence-corrected chi connectivity index (χ3v) is 10.3. The first-order valence-electron chi connectivity index (χ1n) is 16.8. The number of carbonyl (C=O) groups is 2. The predicted molar refractivity (Wildman–Crippen MR) is 222 cm³/mol. The van der Waals surface area contributed by atoms with Gasteiger partial charge in [-0.3, -0.25) is 24.6 Å². The van der Waals surface area contributed by atoms with Crippen LogP contribution in [-0.4, -0.2) is 90.8 Å². The molecule has 0 radical (unpaired) electrons. The Balaban J connectivity index is 2.08. The number of nitrogens with two attached hydrogens (primary N) is 6. The Bertz CT molecular complexity index is 2110. The number of guanidine groups is 3. The maximum Gasteiger partial charge on any atom is 0.417 e. The van der Waals surface area contributed by atoms with Gasteiger partial charge in [-0.25, -0.2) is 9.97 Å². The van der Waals surface area contributed by atoms with E-state index in [0.29, 0.717) is 6.07 Å². The van der Waals surface area contributed by atoms with Crippen molar-refractivity contribution in [3.8, 4) is 11.5 Å². The van der Waals surface area contributed by atoms with Crippen LogP contribution < -0.4 is 54.5 Å². The third-order valence-electron chi connectivity index (χ3n) is 7.35. The fraction of sp³-hybridized carbons (Fsp3) is 0.324. The van der Waals surface area contributed by atoms with Crippen LogP contribution >= 0.6 is 35.3 Å².